The molecule has 0 atom stereocenters. The van der Waals surface area contributed by atoms with Gasteiger partial charge in [-0.25, -0.2) is 9.97 Å². The lowest BCUT2D eigenvalue weighted by atomic mass is 10.4. The summed E-state index contributed by atoms with van der Waals surface area (Å²) in [6.07, 6.45) is 0. The van der Waals surface area contributed by atoms with Crippen molar-refractivity contribution in [1.29, 1.82) is 0 Å². The van der Waals surface area contributed by atoms with Gasteiger partial charge in [0.05, 0.1) is 10.9 Å². The van der Waals surface area contributed by atoms with Gasteiger partial charge in [-0.05, 0) is 19.1 Å². The van der Waals surface area contributed by atoms with Crippen LogP contribution in [0.25, 0.3) is 0 Å². The van der Waals surface area contributed by atoms with Crippen molar-refractivity contribution in [3.8, 4) is 0 Å². The molecule has 17 heavy (non-hydrogen) atoms. The van der Waals surface area contributed by atoms with Gasteiger partial charge < -0.3 is 4.90 Å². The minimum atomic E-state index is 0.462. The topological polar surface area (TPSA) is 29.0 Å². The molecular formula is C11H11Cl2N3S. The second-order valence-electron chi connectivity index (χ2n) is 3.66. The Bertz CT molecular complexity index is 507. The molecule has 2 aromatic rings. The van der Waals surface area contributed by atoms with Gasteiger partial charge in [0.25, 0.3) is 0 Å². The largest absolute Gasteiger partial charge is 0.354 e. The van der Waals surface area contributed by atoms with Crippen LogP contribution in [0.5, 0.6) is 0 Å². The van der Waals surface area contributed by atoms with Gasteiger partial charge in [-0.15, -0.1) is 11.3 Å². The molecule has 0 saturated carbocycles. The van der Waals surface area contributed by atoms with E-state index in [0.29, 0.717) is 11.0 Å². The number of nitrogens with zero attached hydrogens (tertiary/aromatic N) is 3. The highest BCUT2D eigenvalue weighted by molar-refractivity contribution is 7.16. The third-order valence-corrected chi connectivity index (χ3v) is 3.62. The van der Waals surface area contributed by atoms with Gasteiger partial charge in [-0.1, -0.05) is 23.2 Å². The Morgan fingerprint density at radius 1 is 1.29 bits per heavy atom. The van der Waals surface area contributed by atoms with E-state index in [1.807, 2.05) is 31.0 Å². The van der Waals surface area contributed by atoms with Gasteiger partial charge in [0.2, 0.25) is 0 Å². The molecule has 2 aromatic heterocycles. The second-order valence-corrected chi connectivity index (χ2v) is 5.84. The molecule has 0 bridgehead atoms. The average Bonchev–Trinajstić information content (AvgIpc) is 2.62. The van der Waals surface area contributed by atoms with Crippen LogP contribution in [0, 0.1) is 6.92 Å². The van der Waals surface area contributed by atoms with Crippen molar-refractivity contribution in [3.05, 3.63) is 38.4 Å². The lowest BCUT2D eigenvalue weighted by molar-refractivity contribution is 0.891. The monoisotopic (exact) mass is 287 g/mol. The van der Waals surface area contributed by atoms with E-state index in [4.69, 9.17) is 23.2 Å². The molecule has 0 saturated heterocycles. The van der Waals surface area contributed by atoms with E-state index in [2.05, 4.69) is 9.97 Å². The van der Waals surface area contributed by atoms with Crippen molar-refractivity contribution >= 4 is 40.4 Å². The number of anilines is 1. The van der Waals surface area contributed by atoms with Crippen LogP contribution in [0.3, 0.4) is 0 Å². The minimum absolute atomic E-state index is 0.462. The van der Waals surface area contributed by atoms with Gasteiger partial charge in [0.1, 0.15) is 16.8 Å². The van der Waals surface area contributed by atoms with Crippen LogP contribution in [0.1, 0.15) is 10.7 Å². The Labute approximate surface area is 114 Å². The fourth-order valence-corrected chi connectivity index (χ4v) is 2.82. The lowest BCUT2D eigenvalue weighted by Crippen LogP contribution is -2.17. The molecule has 0 fully saturated rings. The molecule has 0 aliphatic heterocycles. The van der Waals surface area contributed by atoms with Crippen molar-refractivity contribution in [2.24, 2.45) is 0 Å². The molecule has 0 radical (unpaired) electrons. The number of rotatable bonds is 3. The Morgan fingerprint density at radius 3 is 2.65 bits per heavy atom. The molecule has 2 heterocycles. The molecule has 6 heteroatoms. The molecule has 0 N–H and O–H groups in total. The molecule has 0 spiro atoms. The molecule has 0 aliphatic rings. The molecule has 0 amide bonds. The number of hydrogen-bond acceptors (Lipinski definition) is 4. The van der Waals surface area contributed by atoms with E-state index in [1.165, 1.54) is 4.88 Å². The maximum atomic E-state index is 5.91. The first-order valence-corrected chi connectivity index (χ1v) is 6.58. The van der Waals surface area contributed by atoms with Crippen LogP contribution in [0.2, 0.25) is 9.49 Å². The van der Waals surface area contributed by atoms with E-state index in [-0.39, 0.29) is 0 Å². The third kappa shape index (κ3) is 3.31. The van der Waals surface area contributed by atoms with E-state index in [0.717, 1.165) is 16.7 Å². The molecule has 90 valence electrons. The van der Waals surface area contributed by atoms with Crippen molar-refractivity contribution < 1.29 is 0 Å². The standard InChI is InChI=1S/C11H11Cl2N3S/c1-7-14-9(12)5-11(15-7)16(2)6-8-3-4-10(13)17-8/h3-5H,6H2,1-2H3. The Hall–Kier alpha value is -0.840. The fraction of sp³-hybridized carbons (Fsp3) is 0.273. The summed E-state index contributed by atoms with van der Waals surface area (Å²) in [6.45, 7) is 2.58. The molecule has 2 rings (SSSR count). The number of hydrogen-bond donors (Lipinski definition) is 0. The fourth-order valence-electron chi connectivity index (χ4n) is 1.46. The van der Waals surface area contributed by atoms with E-state index < -0.39 is 0 Å². The van der Waals surface area contributed by atoms with Crippen LogP contribution in [0.4, 0.5) is 5.82 Å². The zero-order valence-electron chi connectivity index (χ0n) is 9.44. The summed E-state index contributed by atoms with van der Waals surface area (Å²) in [5, 5.41) is 0.462. The predicted octanol–water partition coefficient (Wildman–Crippen LogP) is 3.79. The normalized spacial score (nSPS) is 10.6. The minimum Gasteiger partial charge on any atom is -0.354 e. The first kappa shape index (κ1) is 12.6. The zero-order chi connectivity index (χ0) is 12.4. The quantitative estimate of drug-likeness (QED) is 0.805. The summed E-state index contributed by atoms with van der Waals surface area (Å²) in [7, 11) is 1.96. The third-order valence-electron chi connectivity index (χ3n) is 2.21. The average molecular weight is 288 g/mol. The van der Waals surface area contributed by atoms with Gasteiger partial charge in [-0.3, -0.25) is 0 Å². The van der Waals surface area contributed by atoms with Crippen molar-refractivity contribution in [2.75, 3.05) is 11.9 Å². The van der Waals surface area contributed by atoms with Crippen molar-refractivity contribution in [1.82, 2.24) is 9.97 Å². The summed E-state index contributed by atoms with van der Waals surface area (Å²) < 4.78 is 0.797. The van der Waals surface area contributed by atoms with Crippen LogP contribution in [-0.4, -0.2) is 17.0 Å². The molecule has 3 nitrogen and oxygen atoms in total. The SMILES string of the molecule is Cc1nc(Cl)cc(N(C)Cc2ccc(Cl)s2)n1. The summed E-state index contributed by atoms with van der Waals surface area (Å²) in [5.41, 5.74) is 0. The first-order valence-electron chi connectivity index (χ1n) is 5.01. The van der Waals surface area contributed by atoms with Gasteiger partial charge in [0, 0.05) is 18.0 Å². The van der Waals surface area contributed by atoms with E-state index in [1.54, 1.807) is 17.4 Å². The van der Waals surface area contributed by atoms with Crippen LogP contribution < -0.4 is 4.90 Å². The van der Waals surface area contributed by atoms with Crippen LogP contribution in [-0.2, 0) is 6.54 Å². The Morgan fingerprint density at radius 2 is 2.06 bits per heavy atom. The summed E-state index contributed by atoms with van der Waals surface area (Å²) in [5.74, 6) is 1.48. The van der Waals surface area contributed by atoms with E-state index in [9.17, 15) is 0 Å². The molecule has 0 aliphatic carbocycles. The highest BCUT2D eigenvalue weighted by atomic mass is 35.5. The predicted molar refractivity (Wildman–Crippen MR) is 73.2 cm³/mol. The van der Waals surface area contributed by atoms with Crippen molar-refractivity contribution in [2.45, 2.75) is 13.5 Å². The van der Waals surface area contributed by atoms with E-state index >= 15 is 0 Å². The summed E-state index contributed by atoms with van der Waals surface area (Å²) in [4.78, 5) is 11.6. The Kier molecular flexibility index (Phi) is 3.86. The maximum absolute atomic E-state index is 5.91. The zero-order valence-corrected chi connectivity index (χ0v) is 11.8. The molecule has 0 aromatic carbocycles. The maximum Gasteiger partial charge on any atom is 0.134 e. The first-order chi connectivity index (χ1) is 8.04. The Balaban J connectivity index is 2.16. The molecule has 0 unspecified atom stereocenters. The highest BCUT2D eigenvalue weighted by Crippen LogP contribution is 2.24. The number of halogens is 2. The van der Waals surface area contributed by atoms with Gasteiger partial charge in [0.15, 0.2) is 0 Å². The summed E-state index contributed by atoms with van der Waals surface area (Å²) in [6, 6.07) is 5.66. The smallest absolute Gasteiger partial charge is 0.134 e. The van der Waals surface area contributed by atoms with Crippen LogP contribution >= 0.6 is 34.5 Å². The summed E-state index contributed by atoms with van der Waals surface area (Å²) >= 11 is 13.4. The molecular weight excluding hydrogens is 277 g/mol. The second kappa shape index (κ2) is 5.21. The van der Waals surface area contributed by atoms with Crippen LogP contribution in [0.15, 0.2) is 18.2 Å². The van der Waals surface area contributed by atoms with Crippen molar-refractivity contribution in [3.63, 3.8) is 0 Å². The number of thiophene rings is 1. The number of aryl methyl sites for hydroxylation is 1. The number of aromatic nitrogens is 2. The van der Waals surface area contributed by atoms with Gasteiger partial charge >= 0.3 is 0 Å². The van der Waals surface area contributed by atoms with Gasteiger partial charge in [-0.2, -0.15) is 0 Å². The highest BCUT2D eigenvalue weighted by Gasteiger charge is 2.07. The lowest BCUT2D eigenvalue weighted by Gasteiger charge is -2.17.